The highest BCUT2D eigenvalue weighted by atomic mass is 35.5. The Morgan fingerprint density at radius 1 is 1.03 bits per heavy atom. The van der Waals surface area contributed by atoms with E-state index in [0.717, 1.165) is 11.3 Å². The van der Waals surface area contributed by atoms with Crippen molar-refractivity contribution in [1.29, 1.82) is 0 Å². The number of benzene rings is 2. The van der Waals surface area contributed by atoms with Crippen molar-refractivity contribution in [1.82, 2.24) is 4.90 Å². The number of hydrogen-bond donors (Lipinski definition) is 1. The Labute approximate surface area is 175 Å². The second-order valence-corrected chi connectivity index (χ2v) is 6.85. The van der Waals surface area contributed by atoms with Gasteiger partial charge in [-0.1, -0.05) is 41.9 Å². The molecule has 0 saturated carbocycles. The van der Waals surface area contributed by atoms with Crippen molar-refractivity contribution in [2.75, 3.05) is 26.1 Å². The molecule has 1 heterocycles. The Hall–Kier alpha value is -2.96. The number of carbonyl (C=O) groups excluding carboxylic acids is 1. The van der Waals surface area contributed by atoms with Gasteiger partial charge in [-0.2, -0.15) is 0 Å². The number of halogens is 1. The summed E-state index contributed by atoms with van der Waals surface area (Å²) in [7, 11) is 3.05. The first-order valence-electron chi connectivity index (χ1n) is 9.09. The molecular formula is C22H23ClN2O4. The molecule has 0 aliphatic carbocycles. The monoisotopic (exact) mass is 414 g/mol. The van der Waals surface area contributed by atoms with Gasteiger partial charge in [-0.3, -0.25) is 9.69 Å². The summed E-state index contributed by atoms with van der Waals surface area (Å²) in [4.78, 5) is 14.8. The molecule has 0 aliphatic heterocycles. The first-order chi connectivity index (χ1) is 14.1. The average Bonchev–Trinajstić information content (AvgIpc) is 3.22. The molecule has 0 spiro atoms. The highest BCUT2D eigenvalue weighted by molar-refractivity contribution is 6.32. The van der Waals surface area contributed by atoms with Gasteiger partial charge in [0.05, 0.1) is 44.3 Å². The van der Waals surface area contributed by atoms with Crippen molar-refractivity contribution < 1.29 is 18.7 Å². The van der Waals surface area contributed by atoms with Crippen LogP contribution in [0.3, 0.4) is 0 Å². The van der Waals surface area contributed by atoms with Crippen LogP contribution >= 0.6 is 11.6 Å². The lowest BCUT2D eigenvalue weighted by molar-refractivity contribution is -0.117. The lowest BCUT2D eigenvalue weighted by Gasteiger charge is -2.21. The summed E-state index contributed by atoms with van der Waals surface area (Å²) >= 11 is 6.20. The van der Waals surface area contributed by atoms with E-state index in [1.165, 1.54) is 14.2 Å². The molecule has 152 valence electrons. The van der Waals surface area contributed by atoms with Gasteiger partial charge in [-0.15, -0.1) is 0 Å². The van der Waals surface area contributed by atoms with Crippen LogP contribution in [0.15, 0.2) is 65.3 Å². The SMILES string of the molecule is COc1cc(OC)c(NC(=O)CN(Cc2ccccc2)Cc2ccco2)cc1Cl. The van der Waals surface area contributed by atoms with Gasteiger partial charge in [0.1, 0.15) is 17.3 Å². The van der Waals surface area contributed by atoms with Crippen LogP contribution in [0.4, 0.5) is 5.69 Å². The third-order valence-electron chi connectivity index (χ3n) is 4.32. The molecule has 1 aromatic heterocycles. The Morgan fingerprint density at radius 2 is 1.79 bits per heavy atom. The summed E-state index contributed by atoms with van der Waals surface area (Å²) in [6, 6.07) is 17.0. The molecule has 0 saturated heterocycles. The maximum absolute atomic E-state index is 12.8. The predicted molar refractivity (Wildman–Crippen MR) is 112 cm³/mol. The molecule has 6 nitrogen and oxygen atoms in total. The van der Waals surface area contributed by atoms with Crippen molar-refractivity contribution in [2.45, 2.75) is 13.1 Å². The Balaban J connectivity index is 1.73. The summed E-state index contributed by atoms with van der Waals surface area (Å²) in [5.74, 6) is 1.55. The van der Waals surface area contributed by atoms with Crippen molar-refractivity contribution >= 4 is 23.2 Å². The molecule has 2 aromatic carbocycles. The first kappa shape index (κ1) is 20.8. The van der Waals surface area contributed by atoms with Crippen molar-refractivity contribution in [3.63, 3.8) is 0 Å². The summed E-state index contributed by atoms with van der Waals surface area (Å²) in [6.07, 6.45) is 1.63. The quantitative estimate of drug-likeness (QED) is 0.554. The van der Waals surface area contributed by atoms with Crippen LogP contribution in [-0.2, 0) is 17.9 Å². The largest absolute Gasteiger partial charge is 0.495 e. The van der Waals surface area contributed by atoms with Gasteiger partial charge in [-0.05, 0) is 23.8 Å². The van der Waals surface area contributed by atoms with E-state index in [9.17, 15) is 4.79 Å². The number of furan rings is 1. The van der Waals surface area contributed by atoms with Crippen LogP contribution in [0.25, 0.3) is 0 Å². The minimum Gasteiger partial charge on any atom is -0.495 e. The minimum atomic E-state index is -0.188. The van der Waals surface area contributed by atoms with Crippen LogP contribution in [-0.4, -0.2) is 31.6 Å². The third-order valence-corrected chi connectivity index (χ3v) is 4.62. The number of carbonyl (C=O) groups is 1. The topological polar surface area (TPSA) is 63.9 Å². The smallest absolute Gasteiger partial charge is 0.238 e. The number of nitrogens with zero attached hydrogens (tertiary/aromatic N) is 1. The summed E-state index contributed by atoms with van der Waals surface area (Å²) < 4.78 is 16.0. The van der Waals surface area contributed by atoms with Gasteiger partial charge in [0.15, 0.2) is 0 Å². The molecule has 0 atom stereocenters. The maximum atomic E-state index is 12.8. The second-order valence-electron chi connectivity index (χ2n) is 6.45. The molecule has 3 rings (SSSR count). The molecule has 0 fully saturated rings. The zero-order chi connectivity index (χ0) is 20.6. The van der Waals surface area contributed by atoms with Gasteiger partial charge >= 0.3 is 0 Å². The number of ether oxygens (including phenoxy) is 2. The average molecular weight is 415 g/mol. The zero-order valence-electron chi connectivity index (χ0n) is 16.4. The van der Waals surface area contributed by atoms with E-state index in [1.807, 2.05) is 47.4 Å². The van der Waals surface area contributed by atoms with Gasteiger partial charge < -0.3 is 19.2 Å². The van der Waals surface area contributed by atoms with Crippen molar-refractivity contribution in [2.24, 2.45) is 0 Å². The van der Waals surface area contributed by atoms with E-state index in [1.54, 1.807) is 18.4 Å². The standard InChI is InChI=1S/C22H23ClN2O4/c1-27-20-12-21(28-2)19(11-18(20)23)24-22(26)15-25(14-17-9-6-10-29-17)13-16-7-4-3-5-8-16/h3-12H,13-15H2,1-2H3,(H,24,26). The summed E-state index contributed by atoms with van der Waals surface area (Å²) in [6.45, 7) is 1.29. The van der Waals surface area contributed by atoms with Gasteiger partial charge in [0.2, 0.25) is 5.91 Å². The minimum absolute atomic E-state index is 0.169. The molecule has 0 unspecified atom stereocenters. The Morgan fingerprint density at radius 3 is 2.45 bits per heavy atom. The van der Waals surface area contributed by atoms with Gasteiger partial charge in [0, 0.05) is 12.6 Å². The molecule has 0 bridgehead atoms. The van der Waals surface area contributed by atoms with Crippen molar-refractivity contribution in [3.05, 3.63) is 77.2 Å². The highest BCUT2D eigenvalue weighted by Crippen LogP contribution is 2.35. The number of amides is 1. The van der Waals surface area contributed by atoms with Crippen LogP contribution in [0.5, 0.6) is 11.5 Å². The molecular weight excluding hydrogens is 392 g/mol. The Kier molecular flexibility index (Phi) is 7.16. The molecule has 1 N–H and O–H groups in total. The predicted octanol–water partition coefficient (Wildman–Crippen LogP) is 4.59. The van der Waals surface area contributed by atoms with E-state index < -0.39 is 0 Å². The molecule has 0 radical (unpaired) electrons. The number of anilines is 1. The lowest BCUT2D eigenvalue weighted by Crippen LogP contribution is -2.32. The fourth-order valence-electron chi connectivity index (χ4n) is 2.98. The van der Waals surface area contributed by atoms with Crippen LogP contribution in [0.2, 0.25) is 5.02 Å². The highest BCUT2D eigenvalue weighted by Gasteiger charge is 2.17. The fourth-order valence-corrected chi connectivity index (χ4v) is 3.22. The Bertz CT molecular complexity index is 929. The molecule has 29 heavy (non-hydrogen) atoms. The lowest BCUT2D eigenvalue weighted by atomic mass is 10.2. The van der Waals surface area contributed by atoms with E-state index in [0.29, 0.717) is 35.3 Å². The second kappa shape index (κ2) is 10.0. The number of rotatable bonds is 9. The van der Waals surface area contributed by atoms with Crippen LogP contribution < -0.4 is 14.8 Å². The fraction of sp³-hybridized carbons (Fsp3) is 0.227. The third kappa shape index (κ3) is 5.76. The number of nitrogens with one attached hydrogen (secondary N) is 1. The van der Waals surface area contributed by atoms with Crippen molar-refractivity contribution in [3.8, 4) is 11.5 Å². The first-order valence-corrected chi connectivity index (χ1v) is 9.47. The van der Waals surface area contributed by atoms with E-state index in [2.05, 4.69) is 5.32 Å². The van der Waals surface area contributed by atoms with E-state index in [-0.39, 0.29) is 12.5 Å². The molecule has 3 aromatic rings. The zero-order valence-corrected chi connectivity index (χ0v) is 17.1. The summed E-state index contributed by atoms with van der Waals surface area (Å²) in [5, 5.41) is 3.26. The molecule has 0 aliphatic rings. The normalized spacial score (nSPS) is 10.8. The summed E-state index contributed by atoms with van der Waals surface area (Å²) in [5.41, 5.74) is 1.60. The molecule has 1 amide bonds. The van der Waals surface area contributed by atoms with Crippen LogP contribution in [0.1, 0.15) is 11.3 Å². The maximum Gasteiger partial charge on any atom is 0.238 e. The van der Waals surface area contributed by atoms with Gasteiger partial charge in [-0.25, -0.2) is 0 Å². The van der Waals surface area contributed by atoms with E-state index in [4.69, 9.17) is 25.5 Å². The van der Waals surface area contributed by atoms with Crippen LogP contribution in [0, 0.1) is 0 Å². The number of methoxy groups -OCH3 is 2. The molecule has 7 heteroatoms. The van der Waals surface area contributed by atoms with Gasteiger partial charge in [0.25, 0.3) is 0 Å². The van der Waals surface area contributed by atoms with E-state index >= 15 is 0 Å². The number of hydrogen-bond acceptors (Lipinski definition) is 5.